The van der Waals surface area contributed by atoms with E-state index in [2.05, 4.69) is 20.5 Å². The van der Waals surface area contributed by atoms with Gasteiger partial charge in [0.1, 0.15) is 5.69 Å². The van der Waals surface area contributed by atoms with Gasteiger partial charge < -0.3 is 14.6 Å². The number of carbonyl (C=O) groups excluding carboxylic acids is 1. The van der Waals surface area contributed by atoms with Crippen molar-refractivity contribution < 1.29 is 31.5 Å². The van der Waals surface area contributed by atoms with Crippen LogP contribution in [-0.2, 0) is 10.9 Å². The van der Waals surface area contributed by atoms with E-state index in [9.17, 15) is 41.1 Å². The molecule has 0 saturated carbocycles. The Balaban J connectivity index is 1.50. The summed E-state index contributed by atoms with van der Waals surface area (Å²) in [6.45, 7) is -1.65. The van der Waals surface area contributed by atoms with Crippen LogP contribution in [0.15, 0.2) is 50.9 Å². The van der Waals surface area contributed by atoms with Crippen LogP contribution in [0, 0.1) is 0 Å². The molecule has 4 N–H and O–H groups in total. The fourth-order valence-electron chi connectivity index (χ4n) is 3.45. The molecule has 1 aliphatic rings. The van der Waals surface area contributed by atoms with Crippen molar-refractivity contribution in [1.82, 2.24) is 20.2 Å². The number of aromatic nitrogens is 4. The molecular weight excluding hydrogens is 499 g/mol. The Kier molecular flexibility index (Phi) is 6.11. The third kappa shape index (κ3) is 5.11. The average molecular weight is 514 g/mol. The molecule has 190 valence electrons. The van der Waals surface area contributed by atoms with Gasteiger partial charge in [0.05, 0.1) is 29.9 Å². The first-order valence-corrected chi connectivity index (χ1v) is 10.0. The summed E-state index contributed by atoms with van der Waals surface area (Å²) in [7, 11) is 0. The van der Waals surface area contributed by atoms with Crippen LogP contribution < -0.4 is 27.0 Å². The summed E-state index contributed by atoms with van der Waals surface area (Å²) in [5.74, 6) is -3.61. The van der Waals surface area contributed by atoms with Crippen molar-refractivity contribution in [3.05, 3.63) is 73.3 Å². The first-order valence-electron chi connectivity index (χ1n) is 10.0. The third-order valence-corrected chi connectivity index (χ3v) is 5.19. The normalized spacial score (nSPS) is 17.1. The minimum Gasteiger partial charge on any atom is -0.438 e. The Morgan fingerprint density at radius 3 is 2.47 bits per heavy atom. The highest BCUT2D eigenvalue weighted by Gasteiger charge is 2.51. The van der Waals surface area contributed by atoms with Crippen LogP contribution >= 0.6 is 0 Å². The van der Waals surface area contributed by atoms with E-state index in [4.69, 9.17) is 4.74 Å². The lowest BCUT2D eigenvalue weighted by Gasteiger charge is -2.18. The smallest absolute Gasteiger partial charge is 0.416 e. The second kappa shape index (κ2) is 8.94. The molecule has 3 aromatic rings. The number of hydrogen-bond donors (Lipinski definition) is 4. The van der Waals surface area contributed by atoms with Crippen molar-refractivity contribution in [1.29, 1.82) is 0 Å². The van der Waals surface area contributed by atoms with Gasteiger partial charge in [0.2, 0.25) is 0 Å². The van der Waals surface area contributed by atoms with Gasteiger partial charge in [-0.25, -0.2) is 23.5 Å². The maximum atomic E-state index is 14.6. The molecule has 2 aromatic heterocycles. The van der Waals surface area contributed by atoms with Crippen molar-refractivity contribution >= 4 is 17.5 Å². The van der Waals surface area contributed by atoms with Crippen LogP contribution in [0.5, 0.6) is 0 Å². The van der Waals surface area contributed by atoms with E-state index in [0.29, 0.717) is 12.1 Å². The summed E-state index contributed by atoms with van der Waals surface area (Å²) in [6, 6.07) is 4.31. The molecule has 1 aromatic carbocycles. The molecule has 0 spiro atoms. The zero-order valence-corrected chi connectivity index (χ0v) is 17.8. The lowest BCUT2D eigenvalue weighted by atomic mass is 10.2. The molecule has 1 aliphatic heterocycles. The van der Waals surface area contributed by atoms with Crippen molar-refractivity contribution in [2.75, 3.05) is 23.3 Å². The van der Waals surface area contributed by atoms with Crippen LogP contribution in [0.4, 0.5) is 38.1 Å². The highest BCUT2D eigenvalue weighted by Crippen LogP contribution is 2.33. The summed E-state index contributed by atoms with van der Waals surface area (Å²) in [5.41, 5.74) is -4.17. The fourth-order valence-corrected chi connectivity index (χ4v) is 3.45. The van der Waals surface area contributed by atoms with Crippen molar-refractivity contribution in [3.8, 4) is 11.3 Å². The van der Waals surface area contributed by atoms with Crippen LogP contribution in [0.1, 0.15) is 5.56 Å². The van der Waals surface area contributed by atoms with Crippen LogP contribution in [0.3, 0.4) is 0 Å². The lowest BCUT2D eigenvalue weighted by molar-refractivity contribution is -0.137. The van der Waals surface area contributed by atoms with E-state index >= 15 is 0 Å². The first-order chi connectivity index (χ1) is 16.8. The number of carbonyl (C=O) groups is 1. The summed E-state index contributed by atoms with van der Waals surface area (Å²) in [6.07, 6.45) is -6.92. The highest BCUT2D eigenvalue weighted by molar-refractivity contribution is 5.84. The molecule has 1 fully saturated rings. The Bertz CT molecular complexity index is 1460. The zero-order chi connectivity index (χ0) is 26.3. The van der Waals surface area contributed by atoms with Crippen LogP contribution in [0.25, 0.3) is 11.3 Å². The number of alkyl halides is 5. The van der Waals surface area contributed by atoms with Gasteiger partial charge in [0.25, 0.3) is 11.1 Å². The number of ether oxygens (including phenoxy) is 1. The monoisotopic (exact) mass is 514 g/mol. The van der Waals surface area contributed by atoms with Crippen LogP contribution in [-0.4, -0.2) is 51.4 Å². The number of anilines is 2. The Hall–Kier alpha value is -4.50. The number of H-pyrrole nitrogens is 3. The largest absolute Gasteiger partial charge is 0.438 e. The van der Waals surface area contributed by atoms with E-state index in [-0.39, 0.29) is 22.6 Å². The number of rotatable bonds is 4. The molecule has 1 amide bonds. The molecule has 1 saturated heterocycles. The molecule has 16 heteroatoms. The SMILES string of the molecule is O=C(Nc1ccc(C(F)(F)F)cc1)OC1CN(c2cc(-c3c[nH]c(=O)[nH]c3=O)n[nH]c2=O)CC1(F)F. The topological polar surface area (TPSA) is 153 Å². The number of hydrogen-bond acceptors (Lipinski definition) is 7. The predicted molar refractivity (Wildman–Crippen MR) is 114 cm³/mol. The third-order valence-electron chi connectivity index (χ3n) is 5.19. The predicted octanol–water partition coefficient (Wildman–Crippen LogP) is 1.90. The number of benzene rings is 1. The quantitative estimate of drug-likeness (QED) is 0.388. The number of halogens is 5. The van der Waals surface area contributed by atoms with Gasteiger partial charge in [0, 0.05) is 11.9 Å². The summed E-state index contributed by atoms with van der Waals surface area (Å²) in [4.78, 5) is 52.6. The van der Waals surface area contributed by atoms with E-state index in [1.807, 2.05) is 4.98 Å². The molecular formula is C20H15F5N6O5. The Morgan fingerprint density at radius 1 is 1.14 bits per heavy atom. The summed E-state index contributed by atoms with van der Waals surface area (Å²) < 4.78 is 71.9. The van der Waals surface area contributed by atoms with E-state index in [1.165, 1.54) is 0 Å². The van der Waals surface area contributed by atoms with Gasteiger partial charge in [-0.3, -0.25) is 19.9 Å². The van der Waals surface area contributed by atoms with E-state index in [1.54, 1.807) is 0 Å². The van der Waals surface area contributed by atoms with E-state index < -0.39 is 59.8 Å². The second-order valence-electron chi connectivity index (χ2n) is 7.69. The van der Waals surface area contributed by atoms with Gasteiger partial charge in [-0.2, -0.15) is 18.3 Å². The van der Waals surface area contributed by atoms with Crippen molar-refractivity contribution in [2.45, 2.75) is 18.2 Å². The number of nitrogens with zero attached hydrogens (tertiary/aromatic N) is 2. The second-order valence-corrected chi connectivity index (χ2v) is 7.69. The molecule has 1 unspecified atom stereocenters. The van der Waals surface area contributed by atoms with Gasteiger partial charge >= 0.3 is 23.9 Å². The van der Waals surface area contributed by atoms with Gasteiger partial charge in [-0.1, -0.05) is 0 Å². The Labute approximate surface area is 195 Å². The van der Waals surface area contributed by atoms with Crippen LogP contribution in [0.2, 0.25) is 0 Å². The molecule has 4 rings (SSSR count). The lowest BCUT2D eigenvalue weighted by Crippen LogP contribution is -2.37. The molecule has 0 radical (unpaired) electrons. The van der Waals surface area contributed by atoms with Gasteiger partial charge in [-0.15, -0.1) is 0 Å². The minimum atomic E-state index is -4.59. The fraction of sp³-hybridized carbons (Fsp3) is 0.250. The van der Waals surface area contributed by atoms with E-state index in [0.717, 1.165) is 29.3 Å². The van der Waals surface area contributed by atoms with Crippen molar-refractivity contribution in [3.63, 3.8) is 0 Å². The average Bonchev–Trinajstić information content (AvgIpc) is 3.07. The standard InChI is InChI=1S/C20H15F5N6O5/c21-19(22)8-31(13-5-12(29-30-16(13)33)11-6-26-17(34)28-15(11)32)7-14(19)36-18(35)27-10-3-1-9(2-4-10)20(23,24)25/h1-6,14H,7-8H2,(H,27,35)(H,30,33)(H2,26,28,32,34). The molecule has 36 heavy (non-hydrogen) atoms. The number of nitrogens with one attached hydrogen (secondary N) is 4. The molecule has 11 nitrogen and oxygen atoms in total. The highest BCUT2D eigenvalue weighted by atomic mass is 19.4. The molecule has 0 aliphatic carbocycles. The van der Waals surface area contributed by atoms with Gasteiger partial charge in [0.15, 0.2) is 6.10 Å². The number of amides is 1. The first kappa shape index (κ1) is 24.6. The summed E-state index contributed by atoms with van der Waals surface area (Å²) in [5, 5.41) is 7.83. The number of aromatic amines is 3. The maximum Gasteiger partial charge on any atom is 0.416 e. The minimum absolute atomic E-state index is 0.118. The Morgan fingerprint density at radius 2 is 1.83 bits per heavy atom. The molecule has 0 bridgehead atoms. The summed E-state index contributed by atoms with van der Waals surface area (Å²) >= 11 is 0. The van der Waals surface area contributed by atoms with Crippen molar-refractivity contribution in [2.24, 2.45) is 0 Å². The zero-order valence-electron chi connectivity index (χ0n) is 17.8. The molecule has 1 atom stereocenters. The maximum absolute atomic E-state index is 14.6. The molecule has 3 heterocycles. The van der Waals surface area contributed by atoms with Gasteiger partial charge in [-0.05, 0) is 30.3 Å².